The first-order valence-electron chi connectivity index (χ1n) is 6.70. The molecule has 1 aliphatic rings. The summed E-state index contributed by atoms with van der Waals surface area (Å²) in [7, 11) is 0. The number of hydrogen-bond acceptors (Lipinski definition) is 2. The van der Waals surface area contributed by atoms with Gasteiger partial charge in [0.25, 0.3) is 0 Å². The molecule has 0 heterocycles. The molecule has 2 N–H and O–H groups in total. The van der Waals surface area contributed by atoms with E-state index in [1.807, 2.05) is 43.0 Å². The van der Waals surface area contributed by atoms with E-state index in [9.17, 15) is 4.79 Å². The summed E-state index contributed by atoms with van der Waals surface area (Å²) in [6.07, 6.45) is 3.57. The van der Waals surface area contributed by atoms with Crippen molar-refractivity contribution in [3.8, 4) is 0 Å². The van der Waals surface area contributed by atoms with Crippen molar-refractivity contribution in [2.75, 3.05) is 11.4 Å². The lowest BCUT2D eigenvalue weighted by molar-refractivity contribution is -0.120. The summed E-state index contributed by atoms with van der Waals surface area (Å²) in [5.41, 5.74) is 8.06. The van der Waals surface area contributed by atoms with Crippen LogP contribution in [0.2, 0.25) is 0 Å². The van der Waals surface area contributed by atoms with Crippen LogP contribution >= 0.6 is 0 Å². The van der Waals surface area contributed by atoms with E-state index in [1.165, 1.54) is 0 Å². The van der Waals surface area contributed by atoms with Gasteiger partial charge in [-0.3, -0.25) is 4.79 Å². The Morgan fingerprint density at radius 1 is 1.39 bits per heavy atom. The van der Waals surface area contributed by atoms with Crippen LogP contribution in [0.1, 0.15) is 38.2 Å². The smallest absolute Gasteiger partial charge is 0.228 e. The van der Waals surface area contributed by atoms with Crippen molar-refractivity contribution in [1.82, 2.24) is 0 Å². The van der Waals surface area contributed by atoms with Crippen molar-refractivity contribution >= 4 is 11.6 Å². The van der Waals surface area contributed by atoms with Gasteiger partial charge in [-0.05, 0) is 44.7 Å². The second-order valence-electron chi connectivity index (χ2n) is 5.32. The van der Waals surface area contributed by atoms with Crippen LogP contribution in [-0.4, -0.2) is 18.0 Å². The highest BCUT2D eigenvalue weighted by Gasteiger charge is 2.36. The van der Waals surface area contributed by atoms with E-state index in [0.29, 0.717) is 13.0 Å². The number of aryl methyl sites for hydroxylation is 1. The third-order valence-electron chi connectivity index (χ3n) is 3.88. The SMILES string of the molecule is CCN(C(=O)CC1(N)CCC1)c1ccccc1C. The first kappa shape index (κ1) is 13.1. The minimum atomic E-state index is -0.243. The Hall–Kier alpha value is -1.35. The summed E-state index contributed by atoms with van der Waals surface area (Å²) in [6, 6.07) is 8.00. The number of carbonyl (C=O) groups excluding carboxylic acids is 1. The largest absolute Gasteiger partial charge is 0.325 e. The molecule has 3 nitrogen and oxygen atoms in total. The van der Waals surface area contributed by atoms with Crippen LogP contribution in [0.25, 0.3) is 0 Å². The fraction of sp³-hybridized carbons (Fsp3) is 0.533. The fourth-order valence-electron chi connectivity index (χ4n) is 2.55. The Bertz CT molecular complexity index is 438. The molecule has 0 radical (unpaired) electrons. The molecule has 0 spiro atoms. The molecule has 98 valence electrons. The van der Waals surface area contributed by atoms with Gasteiger partial charge < -0.3 is 10.6 Å². The molecule has 1 aliphatic carbocycles. The fourth-order valence-corrected chi connectivity index (χ4v) is 2.55. The zero-order valence-electron chi connectivity index (χ0n) is 11.3. The first-order valence-corrected chi connectivity index (χ1v) is 6.70. The standard InChI is InChI=1S/C15H22N2O/c1-3-17(13-8-5-4-7-12(13)2)14(18)11-15(16)9-6-10-15/h4-5,7-8H,3,6,9-11,16H2,1-2H3. The summed E-state index contributed by atoms with van der Waals surface area (Å²) < 4.78 is 0. The van der Waals surface area contributed by atoms with Gasteiger partial charge in [0, 0.05) is 24.2 Å². The molecule has 1 aromatic carbocycles. The Kier molecular flexibility index (Phi) is 3.71. The van der Waals surface area contributed by atoms with E-state index < -0.39 is 0 Å². The molecule has 0 aromatic heterocycles. The van der Waals surface area contributed by atoms with Gasteiger partial charge in [0.1, 0.15) is 0 Å². The quantitative estimate of drug-likeness (QED) is 0.887. The first-order chi connectivity index (χ1) is 8.56. The average molecular weight is 246 g/mol. The number of para-hydroxylation sites is 1. The number of nitrogens with two attached hydrogens (primary N) is 1. The summed E-state index contributed by atoms with van der Waals surface area (Å²) in [4.78, 5) is 14.2. The molecule has 18 heavy (non-hydrogen) atoms. The summed E-state index contributed by atoms with van der Waals surface area (Å²) >= 11 is 0. The Morgan fingerprint density at radius 2 is 2.06 bits per heavy atom. The predicted octanol–water partition coefficient (Wildman–Crippen LogP) is 2.62. The van der Waals surface area contributed by atoms with E-state index in [0.717, 1.165) is 30.5 Å². The predicted molar refractivity (Wildman–Crippen MR) is 74.6 cm³/mol. The van der Waals surface area contributed by atoms with Gasteiger partial charge in [-0.2, -0.15) is 0 Å². The van der Waals surface area contributed by atoms with Gasteiger partial charge >= 0.3 is 0 Å². The number of carbonyl (C=O) groups is 1. The maximum Gasteiger partial charge on any atom is 0.228 e. The third kappa shape index (κ3) is 2.56. The van der Waals surface area contributed by atoms with Gasteiger partial charge in [-0.1, -0.05) is 18.2 Å². The highest BCUT2D eigenvalue weighted by atomic mass is 16.2. The topological polar surface area (TPSA) is 46.3 Å². The molecule has 0 aliphatic heterocycles. The van der Waals surface area contributed by atoms with Crippen LogP contribution in [0.4, 0.5) is 5.69 Å². The van der Waals surface area contributed by atoms with Crippen LogP contribution < -0.4 is 10.6 Å². The van der Waals surface area contributed by atoms with Gasteiger partial charge in [0.05, 0.1) is 0 Å². The molecule has 1 amide bonds. The number of rotatable bonds is 4. The van der Waals surface area contributed by atoms with Gasteiger partial charge in [-0.15, -0.1) is 0 Å². The highest BCUT2D eigenvalue weighted by Crippen LogP contribution is 2.33. The van der Waals surface area contributed by atoms with E-state index in [2.05, 4.69) is 0 Å². The molecule has 1 aromatic rings. The summed E-state index contributed by atoms with van der Waals surface area (Å²) in [5, 5.41) is 0. The summed E-state index contributed by atoms with van der Waals surface area (Å²) in [6.45, 7) is 4.74. The zero-order valence-corrected chi connectivity index (χ0v) is 11.3. The van der Waals surface area contributed by atoms with E-state index in [4.69, 9.17) is 5.73 Å². The molecular weight excluding hydrogens is 224 g/mol. The lowest BCUT2D eigenvalue weighted by Crippen LogP contribution is -2.50. The highest BCUT2D eigenvalue weighted by molar-refractivity contribution is 5.94. The van der Waals surface area contributed by atoms with Crippen LogP contribution in [0.5, 0.6) is 0 Å². The van der Waals surface area contributed by atoms with E-state index >= 15 is 0 Å². The molecule has 0 saturated heterocycles. The zero-order chi connectivity index (χ0) is 13.2. The van der Waals surface area contributed by atoms with Crippen LogP contribution in [0.15, 0.2) is 24.3 Å². The van der Waals surface area contributed by atoms with E-state index in [1.54, 1.807) is 0 Å². The molecule has 0 unspecified atom stereocenters. The normalized spacial score (nSPS) is 17.1. The average Bonchev–Trinajstić information content (AvgIpc) is 2.30. The van der Waals surface area contributed by atoms with E-state index in [-0.39, 0.29) is 11.4 Å². The molecule has 0 atom stereocenters. The number of hydrogen-bond donors (Lipinski definition) is 1. The molecule has 1 saturated carbocycles. The van der Waals surface area contributed by atoms with Crippen LogP contribution in [0, 0.1) is 6.92 Å². The molecule has 2 rings (SSSR count). The van der Waals surface area contributed by atoms with Crippen LogP contribution in [-0.2, 0) is 4.79 Å². The van der Waals surface area contributed by atoms with Gasteiger partial charge in [0.2, 0.25) is 5.91 Å². The van der Waals surface area contributed by atoms with Crippen molar-refractivity contribution in [3.63, 3.8) is 0 Å². The van der Waals surface area contributed by atoms with Crippen molar-refractivity contribution in [2.24, 2.45) is 5.73 Å². The molecule has 0 bridgehead atoms. The molecular formula is C15H22N2O. The second kappa shape index (κ2) is 5.11. The monoisotopic (exact) mass is 246 g/mol. The minimum absolute atomic E-state index is 0.147. The van der Waals surface area contributed by atoms with Crippen molar-refractivity contribution in [2.45, 2.75) is 45.1 Å². The number of benzene rings is 1. The Morgan fingerprint density at radius 3 is 2.56 bits per heavy atom. The number of nitrogens with zero attached hydrogens (tertiary/aromatic N) is 1. The molecule has 3 heteroatoms. The van der Waals surface area contributed by atoms with Crippen molar-refractivity contribution < 1.29 is 4.79 Å². The maximum atomic E-state index is 12.4. The number of anilines is 1. The van der Waals surface area contributed by atoms with Gasteiger partial charge in [0.15, 0.2) is 0 Å². The number of amides is 1. The maximum absolute atomic E-state index is 12.4. The lowest BCUT2D eigenvalue weighted by atomic mass is 9.75. The van der Waals surface area contributed by atoms with Gasteiger partial charge in [-0.25, -0.2) is 0 Å². The minimum Gasteiger partial charge on any atom is -0.325 e. The summed E-state index contributed by atoms with van der Waals surface area (Å²) in [5.74, 6) is 0.147. The Labute approximate surface area is 109 Å². The Balaban J connectivity index is 2.13. The van der Waals surface area contributed by atoms with Crippen LogP contribution in [0.3, 0.4) is 0 Å². The second-order valence-corrected chi connectivity index (χ2v) is 5.32. The van der Waals surface area contributed by atoms with Crippen molar-refractivity contribution in [1.29, 1.82) is 0 Å². The third-order valence-corrected chi connectivity index (χ3v) is 3.88. The van der Waals surface area contributed by atoms with Crippen molar-refractivity contribution in [3.05, 3.63) is 29.8 Å². The molecule has 1 fully saturated rings. The lowest BCUT2D eigenvalue weighted by Gasteiger charge is -2.39.